The van der Waals surface area contributed by atoms with Crippen molar-refractivity contribution in [1.82, 2.24) is 10.3 Å². The zero-order chi connectivity index (χ0) is 11.3. The maximum absolute atomic E-state index is 8.87. The summed E-state index contributed by atoms with van der Waals surface area (Å²) in [6, 6.07) is 5.59. The van der Waals surface area contributed by atoms with Crippen LogP contribution in [-0.2, 0) is 0 Å². The van der Waals surface area contributed by atoms with Crippen LogP contribution in [-0.4, -0.2) is 24.7 Å². The van der Waals surface area contributed by atoms with Gasteiger partial charge < -0.3 is 10.1 Å². The van der Waals surface area contributed by atoms with E-state index in [1.165, 1.54) is 0 Å². The average Bonchev–Trinajstić information content (AvgIpc) is 2.18. The Kier molecular flexibility index (Phi) is 4.07. The van der Waals surface area contributed by atoms with Crippen molar-refractivity contribution < 1.29 is 4.74 Å². The molecule has 4 heteroatoms. The molecule has 0 amide bonds. The Hall–Kier alpha value is -1.60. The van der Waals surface area contributed by atoms with Gasteiger partial charge in [0, 0.05) is 12.2 Å². The van der Waals surface area contributed by atoms with Crippen molar-refractivity contribution in [2.24, 2.45) is 0 Å². The van der Waals surface area contributed by atoms with E-state index >= 15 is 0 Å². The highest BCUT2D eigenvalue weighted by Crippen LogP contribution is 2.16. The number of aromatic nitrogens is 1. The molecular weight excluding hydrogens is 190 g/mol. The van der Waals surface area contributed by atoms with Gasteiger partial charge in [0.05, 0.1) is 0 Å². The highest BCUT2D eigenvalue weighted by Gasteiger charge is 2.09. The number of nitrogens with zero attached hydrogens (tertiary/aromatic N) is 2. The zero-order valence-electron chi connectivity index (χ0n) is 9.24. The Morgan fingerprint density at radius 1 is 1.60 bits per heavy atom. The number of pyridine rings is 1. The summed E-state index contributed by atoms with van der Waals surface area (Å²) in [7, 11) is 1.86. The Morgan fingerprint density at radius 3 is 2.93 bits per heavy atom. The smallest absolute Gasteiger partial charge is 0.232 e. The number of hydrogen-bond acceptors (Lipinski definition) is 4. The van der Waals surface area contributed by atoms with E-state index in [0.717, 1.165) is 12.2 Å². The van der Waals surface area contributed by atoms with Crippen LogP contribution in [0.25, 0.3) is 0 Å². The molecule has 1 aromatic heterocycles. The number of ether oxygens (including phenoxy) is 1. The van der Waals surface area contributed by atoms with E-state index in [4.69, 9.17) is 10.00 Å². The third-order valence-electron chi connectivity index (χ3n) is 1.92. The van der Waals surface area contributed by atoms with E-state index in [2.05, 4.69) is 16.4 Å². The highest BCUT2D eigenvalue weighted by molar-refractivity contribution is 5.38. The molecule has 0 saturated carbocycles. The maximum Gasteiger partial charge on any atom is 0.232 e. The summed E-state index contributed by atoms with van der Waals surface area (Å²) in [6.07, 6.45) is -0.00333. The summed E-state index contributed by atoms with van der Waals surface area (Å²) in [5, 5.41) is 11.9. The fourth-order valence-corrected chi connectivity index (χ4v) is 1.23. The van der Waals surface area contributed by atoms with Crippen LogP contribution in [0.3, 0.4) is 0 Å². The van der Waals surface area contributed by atoms with Crippen molar-refractivity contribution in [3.8, 4) is 11.9 Å². The molecule has 1 N–H and O–H groups in total. The molecule has 1 atom stereocenters. The van der Waals surface area contributed by atoms with Crippen LogP contribution in [0.2, 0.25) is 0 Å². The maximum atomic E-state index is 8.87. The number of rotatable bonds is 4. The fourth-order valence-electron chi connectivity index (χ4n) is 1.23. The lowest BCUT2D eigenvalue weighted by atomic mass is 10.2. The van der Waals surface area contributed by atoms with Gasteiger partial charge in [0.25, 0.3) is 0 Å². The normalized spacial score (nSPS) is 11.9. The summed E-state index contributed by atoms with van der Waals surface area (Å²) in [6.45, 7) is 4.53. The van der Waals surface area contributed by atoms with Crippen molar-refractivity contribution in [3.05, 3.63) is 23.4 Å². The van der Waals surface area contributed by atoms with E-state index in [1.54, 1.807) is 12.1 Å². The minimum atomic E-state index is -0.00333. The quantitative estimate of drug-likeness (QED) is 0.803. The molecule has 15 heavy (non-hydrogen) atoms. The molecule has 1 aromatic rings. The SMILES string of the molecule is CNCC(C)Oc1nc(C)ccc1C#N. The topological polar surface area (TPSA) is 57.9 Å². The summed E-state index contributed by atoms with van der Waals surface area (Å²) >= 11 is 0. The number of hydrogen-bond donors (Lipinski definition) is 1. The Labute approximate surface area is 89.9 Å². The van der Waals surface area contributed by atoms with E-state index in [0.29, 0.717) is 11.4 Å². The molecule has 0 aliphatic rings. The van der Waals surface area contributed by atoms with Crippen LogP contribution in [0, 0.1) is 18.3 Å². The Bertz CT molecular complexity index is 371. The first-order valence-electron chi connectivity index (χ1n) is 4.86. The second-order valence-electron chi connectivity index (χ2n) is 3.40. The predicted molar refractivity (Wildman–Crippen MR) is 57.7 cm³/mol. The lowest BCUT2D eigenvalue weighted by Gasteiger charge is -2.14. The van der Waals surface area contributed by atoms with Crippen LogP contribution in [0.15, 0.2) is 12.1 Å². The summed E-state index contributed by atoms with van der Waals surface area (Å²) in [4.78, 5) is 4.19. The van der Waals surface area contributed by atoms with Gasteiger partial charge in [-0.1, -0.05) is 0 Å². The number of nitrogens with one attached hydrogen (secondary N) is 1. The van der Waals surface area contributed by atoms with Gasteiger partial charge in [0.2, 0.25) is 5.88 Å². The van der Waals surface area contributed by atoms with Crippen molar-refractivity contribution in [3.63, 3.8) is 0 Å². The predicted octanol–water partition coefficient (Wildman–Crippen LogP) is 1.25. The molecule has 0 saturated heterocycles. The molecule has 1 rings (SSSR count). The van der Waals surface area contributed by atoms with Crippen molar-refractivity contribution in [1.29, 1.82) is 5.26 Å². The van der Waals surface area contributed by atoms with E-state index in [9.17, 15) is 0 Å². The summed E-state index contributed by atoms with van der Waals surface area (Å²) < 4.78 is 5.56. The highest BCUT2D eigenvalue weighted by atomic mass is 16.5. The Morgan fingerprint density at radius 2 is 2.33 bits per heavy atom. The van der Waals surface area contributed by atoms with Gasteiger partial charge in [0.1, 0.15) is 17.7 Å². The van der Waals surface area contributed by atoms with Crippen LogP contribution >= 0.6 is 0 Å². The van der Waals surface area contributed by atoms with Gasteiger partial charge in [-0.25, -0.2) is 4.98 Å². The monoisotopic (exact) mass is 205 g/mol. The van der Waals surface area contributed by atoms with Crippen molar-refractivity contribution in [2.75, 3.05) is 13.6 Å². The first-order chi connectivity index (χ1) is 7.17. The van der Waals surface area contributed by atoms with E-state index < -0.39 is 0 Å². The second kappa shape index (κ2) is 5.32. The molecule has 0 aromatic carbocycles. The molecule has 0 aliphatic carbocycles. The van der Waals surface area contributed by atoms with Gasteiger partial charge in [0.15, 0.2) is 0 Å². The number of nitriles is 1. The molecule has 0 radical (unpaired) electrons. The van der Waals surface area contributed by atoms with Gasteiger partial charge in [-0.15, -0.1) is 0 Å². The first-order valence-corrected chi connectivity index (χ1v) is 4.86. The standard InChI is InChI=1S/C11H15N3O/c1-8-4-5-10(6-12)11(14-8)15-9(2)7-13-3/h4-5,9,13H,7H2,1-3H3. The number of likely N-dealkylation sites (N-methyl/N-ethyl adjacent to an activating group) is 1. The lowest BCUT2D eigenvalue weighted by Crippen LogP contribution is -2.26. The van der Waals surface area contributed by atoms with Gasteiger partial charge >= 0.3 is 0 Å². The summed E-state index contributed by atoms with van der Waals surface area (Å²) in [5.74, 6) is 0.417. The van der Waals surface area contributed by atoms with E-state index in [-0.39, 0.29) is 6.10 Å². The minimum absolute atomic E-state index is 0.00333. The fraction of sp³-hybridized carbons (Fsp3) is 0.455. The average molecular weight is 205 g/mol. The molecule has 0 bridgehead atoms. The summed E-state index contributed by atoms with van der Waals surface area (Å²) in [5.41, 5.74) is 1.32. The molecule has 0 aliphatic heterocycles. The molecule has 0 fully saturated rings. The molecule has 1 heterocycles. The molecule has 0 spiro atoms. The van der Waals surface area contributed by atoms with E-state index in [1.807, 2.05) is 20.9 Å². The van der Waals surface area contributed by atoms with Crippen LogP contribution < -0.4 is 10.1 Å². The molecule has 1 unspecified atom stereocenters. The molecular formula is C11H15N3O. The van der Waals surface area contributed by atoms with Crippen molar-refractivity contribution in [2.45, 2.75) is 20.0 Å². The second-order valence-corrected chi connectivity index (χ2v) is 3.40. The minimum Gasteiger partial charge on any atom is -0.472 e. The van der Waals surface area contributed by atoms with Gasteiger partial charge in [-0.05, 0) is 33.0 Å². The number of aryl methyl sites for hydroxylation is 1. The van der Waals surface area contributed by atoms with Gasteiger partial charge in [-0.2, -0.15) is 5.26 Å². The largest absolute Gasteiger partial charge is 0.472 e. The van der Waals surface area contributed by atoms with Gasteiger partial charge in [-0.3, -0.25) is 0 Å². The first kappa shape index (κ1) is 11.5. The zero-order valence-corrected chi connectivity index (χ0v) is 9.24. The van der Waals surface area contributed by atoms with Crippen LogP contribution in [0.4, 0.5) is 0 Å². The third-order valence-corrected chi connectivity index (χ3v) is 1.92. The van der Waals surface area contributed by atoms with Crippen LogP contribution in [0.1, 0.15) is 18.2 Å². The van der Waals surface area contributed by atoms with Crippen molar-refractivity contribution >= 4 is 0 Å². The third kappa shape index (κ3) is 3.22. The Balaban J connectivity index is 2.83. The molecule has 80 valence electrons. The van der Waals surface area contributed by atoms with Crippen LogP contribution in [0.5, 0.6) is 5.88 Å². The molecule has 4 nitrogen and oxygen atoms in total. The lowest BCUT2D eigenvalue weighted by molar-refractivity contribution is 0.211.